The predicted octanol–water partition coefficient (Wildman–Crippen LogP) is 15.1. The molecule has 0 radical (unpaired) electrons. The van der Waals surface area contributed by atoms with Gasteiger partial charge in [-0.15, -0.1) is 0 Å². The number of carbonyl (C=O) groups excluding carboxylic acids is 2. The fourth-order valence-electron chi connectivity index (χ4n) is 9.30. The number of allylic oxidation sites excluding steroid dienone is 15. The molecule has 11 nitrogen and oxygen atoms in total. The van der Waals surface area contributed by atoms with Gasteiger partial charge in [0.25, 0.3) is 0 Å². The minimum atomic E-state index is -1.62. The van der Waals surface area contributed by atoms with Crippen molar-refractivity contribution in [1.29, 1.82) is 0 Å². The van der Waals surface area contributed by atoms with Crippen molar-refractivity contribution in [3.63, 3.8) is 0 Å². The Morgan fingerprint density at radius 1 is 0.513 bits per heavy atom. The third-order valence-corrected chi connectivity index (χ3v) is 14.2. The standard InChI is InChI=1S/C67H115NO10/c1-4-7-10-13-16-19-22-24-25-26-27-28-29-30-31-32-33-34-35-37-40-43-46-49-52-55-62(72)78-65-64(74)63(73)61(56-69)77-67(65)76-57-58(59(70)53-50-47-44-41-38-21-18-15-12-9-6-3)68-66(75)60(71)54-51-48-45-42-39-36-23-20-17-14-11-8-5-2/h7-8,10-11,16-17,19-20,24-25,27-28,30-31,50,53,58-61,63-65,67,69-71,73-74H,4-6,9,12-15,18,21-23,26,29,32-49,51-52,54-57H2,1-3H3,(H,68,75)/b10-7-,11-8+,19-16-,20-17+,25-24-,28-27-,31-30-,53-50+. The molecule has 448 valence electrons. The van der Waals surface area contributed by atoms with E-state index in [1.807, 2.05) is 6.08 Å². The molecule has 11 heteroatoms. The van der Waals surface area contributed by atoms with E-state index in [1.54, 1.807) is 6.08 Å². The second kappa shape index (κ2) is 54.2. The summed E-state index contributed by atoms with van der Waals surface area (Å²) in [5.41, 5.74) is 0. The van der Waals surface area contributed by atoms with E-state index in [0.29, 0.717) is 12.8 Å². The van der Waals surface area contributed by atoms with Crippen molar-refractivity contribution in [2.45, 2.75) is 301 Å². The highest BCUT2D eigenvalue weighted by Gasteiger charge is 2.47. The Bertz CT molecular complexity index is 1630. The van der Waals surface area contributed by atoms with Gasteiger partial charge in [-0.1, -0.05) is 246 Å². The Kier molecular flexibility index (Phi) is 50.4. The Balaban J connectivity index is 2.60. The number of hydrogen-bond acceptors (Lipinski definition) is 10. The Morgan fingerprint density at radius 2 is 0.923 bits per heavy atom. The molecule has 8 atom stereocenters. The molecule has 0 aromatic carbocycles. The molecule has 1 aliphatic rings. The molecule has 1 saturated heterocycles. The lowest BCUT2D eigenvalue weighted by molar-refractivity contribution is -0.305. The topological polar surface area (TPSA) is 175 Å². The maximum atomic E-state index is 13.4. The average molecular weight is 1090 g/mol. The zero-order valence-electron chi connectivity index (χ0n) is 49.5. The maximum absolute atomic E-state index is 13.4. The van der Waals surface area contributed by atoms with Crippen LogP contribution in [-0.4, -0.2) is 99.6 Å². The van der Waals surface area contributed by atoms with Crippen LogP contribution < -0.4 is 5.32 Å². The quantitative estimate of drug-likeness (QED) is 0.0195. The van der Waals surface area contributed by atoms with E-state index in [9.17, 15) is 35.1 Å². The average Bonchev–Trinajstić information content (AvgIpc) is 3.44. The Labute approximate surface area is 475 Å². The summed E-state index contributed by atoms with van der Waals surface area (Å²) in [5, 5.41) is 56.9. The van der Waals surface area contributed by atoms with Crippen molar-refractivity contribution >= 4 is 11.9 Å². The zero-order chi connectivity index (χ0) is 56.8. The number of unbranched alkanes of at least 4 members (excludes halogenated alkanes) is 24. The van der Waals surface area contributed by atoms with Crippen molar-refractivity contribution in [2.75, 3.05) is 13.2 Å². The molecular formula is C67H115NO10. The van der Waals surface area contributed by atoms with Crippen LogP contribution >= 0.6 is 0 Å². The third-order valence-electron chi connectivity index (χ3n) is 14.2. The molecule has 0 aliphatic carbocycles. The van der Waals surface area contributed by atoms with E-state index in [-0.39, 0.29) is 19.4 Å². The van der Waals surface area contributed by atoms with Crippen LogP contribution in [-0.2, 0) is 23.8 Å². The number of aliphatic hydroxyl groups excluding tert-OH is 5. The van der Waals surface area contributed by atoms with E-state index in [0.717, 1.165) is 135 Å². The second-order valence-electron chi connectivity index (χ2n) is 21.4. The van der Waals surface area contributed by atoms with Gasteiger partial charge in [-0.2, -0.15) is 0 Å². The SMILES string of the molecule is CC/C=C\C/C=C\C/C=C\C/C=C\C/C=C\CCCCCCCCCCCC(=O)OC1C(OCC(NC(=O)C(O)CCCCCCCC/C=C/C/C=C/CC)C(O)/C=C/CCCCCCCCCCC)OC(CO)C(O)C1O. The minimum Gasteiger partial charge on any atom is -0.454 e. The first-order valence-electron chi connectivity index (χ1n) is 31.5. The summed E-state index contributed by atoms with van der Waals surface area (Å²) in [7, 11) is 0. The zero-order valence-corrected chi connectivity index (χ0v) is 49.5. The number of amides is 1. The summed E-state index contributed by atoms with van der Waals surface area (Å²) in [6.07, 6.45) is 61.6. The van der Waals surface area contributed by atoms with Crippen LogP contribution in [0.3, 0.4) is 0 Å². The molecule has 1 rings (SSSR count). The van der Waals surface area contributed by atoms with E-state index in [4.69, 9.17) is 14.2 Å². The van der Waals surface area contributed by atoms with E-state index < -0.39 is 67.4 Å². The maximum Gasteiger partial charge on any atom is 0.306 e. The number of aliphatic hydroxyl groups is 5. The Hall–Kier alpha value is -3.42. The monoisotopic (exact) mass is 1090 g/mol. The molecule has 1 heterocycles. The van der Waals surface area contributed by atoms with Crippen LogP contribution in [0, 0.1) is 0 Å². The highest BCUT2D eigenvalue weighted by molar-refractivity contribution is 5.80. The van der Waals surface area contributed by atoms with E-state index >= 15 is 0 Å². The van der Waals surface area contributed by atoms with Crippen molar-refractivity contribution < 1.29 is 49.3 Å². The lowest BCUT2D eigenvalue weighted by Gasteiger charge is -2.41. The largest absolute Gasteiger partial charge is 0.454 e. The number of hydrogen-bond donors (Lipinski definition) is 6. The van der Waals surface area contributed by atoms with Gasteiger partial charge in [-0.25, -0.2) is 0 Å². The van der Waals surface area contributed by atoms with Crippen LogP contribution in [0.15, 0.2) is 97.2 Å². The van der Waals surface area contributed by atoms with Gasteiger partial charge in [0.2, 0.25) is 5.91 Å². The van der Waals surface area contributed by atoms with Gasteiger partial charge in [0, 0.05) is 6.42 Å². The molecule has 6 N–H and O–H groups in total. The molecule has 8 unspecified atom stereocenters. The van der Waals surface area contributed by atoms with Crippen LogP contribution in [0.2, 0.25) is 0 Å². The van der Waals surface area contributed by atoms with Gasteiger partial charge in [-0.05, 0) is 96.3 Å². The van der Waals surface area contributed by atoms with Crippen LogP contribution in [0.25, 0.3) is 0 Å². The number of nitrogens with one attached hydrogen (secondary N) is 1. The molecular weight excluding hydrogens is 979 g/mol. The van der Waals surface area contributed by atoms with Gasteiger partial charge < -0.3 is 45.1 Å². The summed E-state index contributed by atoms with van der Waals surface area (Å²) < 4.78 is 17.6. The summed E-state index contributed by atoms with van der Waals surface area (Å²) in [4.78, 5) is 26.5. The van der Waals surface area contributed by atoms with Gasteiger partial charge in [0.15, 0.2) is 12.4 Å². The van der Waals surface area contributed by atoms with Gasteiger partial charge in [0.05, 0.1) is 25.4 Å². The molecule has 0 aromatic rings. The highest BCUT2D eigenvalue weighted by Crippen LogP contribution is 2.26. The number of ether oxygens (including phenoxy) is 3. The summed E-state index contributed by atoms with van der Waals surface area (Å²) in [6.45, 7) is 5.55. The van der Waals surface area contributed by atoms with Crippen molar-refractivity contribution in [3.8, 4) is 0 Å². The predicted molar refractivity (Wildman–Crippen MR) is 324 cm³/mol. The van der Waals surface area contributed by atoms with Crippen LogP contribution in [0.4, 0.5) is 0 Å². The molecule has 1 fully saturated rings. The van der Waals surface area contributed by atoms with Gasteiger partial charge in [0.1, 0.15) is 24.4 Å². The van der Waals surface area contributed by atoms with Crippen molar-refractivity contribution in [3.05, 3.63) is 97.2 Å². The molecule has 1 aliphatic heterocycles. The first-order valence-corrected chi connectivity index (χ1v) is 31.5. The lowest BCUT2D eigenvalue weighted by atomic mass is 9.99. The number of esters is 1. The Morgan fingerprint density at radius 3 is 1.38 bits per heavy atom. The smallest absolute Gasteiger partial charge is 0.306 e. The van der Waals surface area contributed by atoms with Crippen molar-refractivity contribution in [1.82, 2.24) is 5.32 Å². The first-order chi connectivity index (χ1) is 38.2. The minimum absolute atomic E-state index is 0.110. The molecule has 1 amide bonds. The van der Waals surface area contributed by atoms with E-state index in [1.165, 1.54) is 70.6 Å². The summed E-state index contributed by atoms with van der Waals surface area (Å²) >= 11 is 0. The highest BCUT2D eigenvalue weighted by atomic mass is 16.7. The van der Waals surface area contributed by atoms with Crippen LogP contribution in [0.1, 0.15) is 252 Å². The normalized spacial score (nSPS) is 19.6. The second-order valence-corrected chi connectivity index (χ2v) is 21.4. The summed E-state index contributed by atoms with van der Waals surface area (Å²) in [6, 6.07) is -1.03. The number of carbonyl (C=O) groups is 2. The molecule has 78 heavy (non-hydrogen) atoms. The summed E-state index contributed by atoms with van der Waals surface area (Å²) in [5.74, 6) is -1.21. The first kappa shape index (κ1) is 72.6. The van der Waals surface area contributed by atoms with Gasteiger partial charge >= 0.3 is 5.97 Å². The lowest BCUT2D eigenvalue weighted by Crippen LogP contribution is -2.61. The molecule has 0 saturated carbocycles. The third kappa shape index (κ3) is 41.6. The van der Waals surface area contributed by atoms with Crippen molar-refractivity contribution in [2.24, 2.45) is 0 Å². The van der Waals surface area contributed by atoms with Gasteiger partial charge in [-0.3, -0.25) is 9.59 Å². The molecule has 0 spiro atoms. The number of rotatable bonds is 52. The van der Waals surface area contributed by atoms with Crippen LogP contribution in [0.5, 0.6) is 0 Å². The fourth-order valence-corrected chi connectivity index (χ4v) is 9.30. The van der Waals surface area contributed by atoms with E-state index in [2.05, 4.69) is 111 Å². The molecule has 0 aromatic heterocycles. The fraction of sp³-hybridized carbons (Fsp3) is 0.731. The molecule has 0 bridgehead atoms.